The molecule has 3 aromatic rings. The van der Waals surface area contributed by atoms with E-state index in [1.165, 1.54) is 12.0 Å². The molecule has 0 radical (unpaired) electrons. The van der Waals surface area contributed by atoms with Crippen molar-refractivity contribution >= 4 is 12.2 Å². The van der Waals surface area contributed by atoms with Crippen molar-refractivity contribution in [1.82, 2.24) is 0 Å². The molecule has 3 rings (SSSR count). The maximum Gasteiger partial charge on any atom is 0.126 e. The second kappa shape index (κ2) is 10.9. The highest BCUT2D eigenvalue weighted by molar-refractivity contribution is 5.75. The van der Waals surface area contributed by atoms with Crippen molar-refractivity contribution in [2.75, 3.05) is 6.61 Å². The third-order valence-electron chi connectivity index (χ3n) is 4.99. The predicted octanol–water partition coefficient (Wildman–Crippen LogP) is 6.83. The van der Waals surface area contributed by atoms with E-state index in [0.29, 0.717) is 6.61 Å². The monoisotopic (exact) mass is 381 g/mol. The van der Waals surface area contributed by atoms with Gasteiger partial charge in [0, 0.05) is 5.56 Å². The molecule has 0 amide bonds. The summed E-state index contributed by atoms with van der Waals surface area (Å²) in [5, 5.41) is 9.40. The molecule has 0 saturated heterocycles. The fourth-order valence-electron chi connectivity index (χ4n) is 3.35. The Kier molecular flexibility index (Phi) is 7.66. The van der Waals surface area contributed by atoms with E-state index in [9.17, 15) is 5.26 Å². The highest BCUT2D eigenvalue weighted by Gasteiger charge is 2.03. The van der Waals surface area contributed by atoms with E-state index in [-0.39, 0.29) is 0 Å². The molecule has 0 saturated carbocycles. The quantitative estimate of drug-likeness (QED) is 0.301. The van der Waals surface area contributed by atoms with Gasteiger partial charge in [-0.1, -0.05) is 78.9 Å². The SMILES string of the molecule is Cc1cccc(C=Cc2ccccc2OCCCCCc2ccccc2)c1C#N. The predicted molar refractivity (Wildman–Crippen MR) is 121 cm³/mol. The molecule has 2 nitrogen and oxygen atoms in total. The Morgan fingerprint density at radius 2 is 1.52 bits per heavy atom. The zero-order chi connectivity index (χ0) is 20.3. The number of aryl methyl sites for hydroxylation is 2. The minimum absolute atomic E-state index is 0.716. The van der Waals surface area contributed by atoms with Crippen LogP contribution in [0.25, 0.3) is 12.2 Å². The van der Waals surface area contributed by atoms with Gasteiger partial charge in [0.25, 0.3) is 0 Å². The Balaban J connectivity index is 1.53. The number of rotatable bonds is 9. The van der Waals surface area contributed by atoms with E-state index >= 15 is 0 Å². The Labute approximate surface area is 174 Å². The normalized spacial score (nSPS) is 10.8. The van der Waals surface area contributed by atoms with Gasteiger partial charge in [0.1, 0.15) is 11.8 Å². The van der Waals surface area contributed by atoms with E-state index in [0.717, 1.165) is 47.3 Å². The van der Waals surface area contributed by atoms with Crippen LogP contribution in [-0.2, 0) is 6.42 Å². The summed E-state index contributed by atoms with van der Waals surface area (Å²) in [5.74, 6) is 0.887. The molecule has 0 N–H and O–H groups in total. The van der Waals surface area contributed by atoms with Crippen molar-refractivity contribution in [3.8, 4) is 11.8 Å². The van der Waals surface area contributed by atoms with Crippen molar-refractivity contribution < 1.29 is 4.74 Å². The maximum absolute atomic E-state index is 9.40. The zero-order valence-electron chi connectivity index (χ0n) is 17.0. The maximum atomic E-state index is 9.40. The smallest absolute Gasteiger partial charge is 0.126 e. The number of hydrogen-bond donors (Lipinski definition) is 0. The van der Waals surface area contributed by atoms with Crippen LogP contribution in [-0.4, -0.2) is 6.61 Å². The molecule has 0 aromatic heterocycles. The first-order valence-electron chi connectivity index (χ1n) is 10.2. The van der Waals surface area contributed by atoms with Crippen molar-refractivity contribution in [3.63, 3.8) is 0 Å². The Hall–Kier alpha value is -3.31. The van der Waals surface area contributed by atoms with Gasteiger partial charge in [0.05, 0.1) is 12.2 Å². The molecule has 0 bridgehead atoms. The van der Waals surface area contributed by atoms with Gasteiger partial charge in [-0.25, -0.2) is 0 Å². The average molecular weight is 382 g/mol. The lowest BCUT2D eigenvalue weighted by Gasteiger charge is -2.09. The number of unbranched alkanes of at least 4 members (excludes halogenated alkanes) is 2. The molecule has 2 heteroatoms. The lowest BCUT2D eigenvalue weighted by Crippen LogP contribution is -1.99. The summed E-state index contributed by atoms with van der Waals surface area (Å²) in [6.07, 6.45) is 8.52. The van der Waals surface area contributed by atoms with Crippen LogP contribution in [0.4, 0.5) is 0 Å². The summed E-state index contributed by atoms with van der Waals surface area (Å²) in [6.45, 7) is 2.68. The molecule has 0 spiro atoms. The molecular formula is C27H27NO. The summed E-state index contributed by atoms with van der Waals surface area (Å²) in [6, 6.07) is 26.9. The summed E-state index contributed by atoms with van der Waals surface area (Å²) in [4.78, 5) is 0. The molecule has 29 heavy (non-hydrogen) atoms. The largest absolute Gasteiger partial charge is 0.493 e. The number of ether oxygens (including phenoxy) is 1. The van der Waals surface area contributed by atoms with Gasteiger partial charge in [-0.3, -0.25) is 0 Å². The van der Waals surface area contributed by atoms with Crippen LogP contribution >= 0.6 is 0 Å². The van der Waals surface area contributed by atoms with Gasteiger partial charge in [0.15, 0.2) is 0 Å². The highest BCUT2D eigenvalue weighted by Crippen LogP contribution is 2.23. The van der Waals surface area contributed by atoms with Crippen LogP contribution in [0.2, 0.25) is 0 Å². The first-order valence-corrected chi connectivity index (χ1v) is 10.2. The van der Waals surface area contributed by atoms with Crippen molar-refractivity contribution in [1.29, 1.82) is 5.26 Å². The van der Waals surface area contributed by atoms with Gasteiger partial charge < -0.3 is 4.74 Å². The molecule has 0 atom stereocenters. The van der Waals surface area contributed by atoms with E-state index in [1.807, 2.05) is 61.5 Å². The molecule has 0 fully saturated rings. The second-order valence-electron chi connectivity index (χ2n) is 7.17. The third kappa shape index (κ3) is 6.09. The van der Waals surface area contributed by atoms with Crippen LogP contribution in [0, 0.1) is 18.3 Å². The summed E-state index contributed by atoms with van der Waals surface area (Å²) in [5.41, 5.74) is 5.08. The van der Waals surface area contributed by atoms with Gasteiger partial charge >= 0.3 is 0 Å². The van der Waals surface area contributed by atoms with Crippen LogP contribution in [0.1, 0.15) is 47.1 Å². The Morgan fingerprint density at radius 3 is 2.34 bits per heavy atom. The number of para-hydroxylation sites is 1. The van der Waals surface area contributed by atoms with Gasteiger partial charge in [-0.2, -0.15) is 5.26 Å². The third-order valence-corrected chi connectivity index (χ3v) is 4.99. The van der Waals surface area contributed by atoms with E-state index < -0.39 is 0 Å². The van der Waals surface area contributed by atoms with Crippen molar-refractivity contribution in [2.24, 2.45) is 0 Å². The molecule has 0 unspecified atom stereocenters. The van der Waals surface area contributed by atoms with Crippen LogP contribution in [0.5, 0.6) is 5.75 Å². The van der Waals surface area contributed by atoms with Crippen LogP contribution < -0.4 is 4.74 Å². The van der Waals surface area contributed by atoms with Crippen molar-refractivity contribution in [2.45, 2.75) is 32.6 Å². The molecule has 3 aromatic carbocycles. The molecule has 0 heterocycles. The fourth-order valence-corrected chi connectivity index (χ4v) is 3.35. The lowest BCUT2D eigenvalue weighted by atomic mass is 10.0. The molecule has 0 aliphatic heterocycles. The standard InChI is InChI=1S/C27H27NO/c1-22-11-10-16-24(26(22)21-28)18-19-25-15-7-8-17-27(25)29-20-9-3-6-14-23-12-4-2-5-13-23/h2,4-5,7-8,10-13,15-19H,3,6,9,14,20H2,1H3. The van der Waals surface area contributed by atoms with Crippen LogP contribution in [0.15, 0.2) is 72.8 Å². The highest BCUT2D eigenvalue weighted by atomic mass is 16.5. The van der Waals surface area contributed by atoms with E-state index in [2.05, 4.69) is 36.4 Å². The number of benzene rings is 3. The molecule has 146 valence electrons. The van der Waals surface area contributed by atoms with Crippen LogP contribution in [0.3, 0.4) is 0 Å². The number of nitrogens with zero attached hydrogens (tertiary/aromatic N) is 1. The van der Waals surface area contributed by atoms with Crippen molar-refractivity contribution in [3.05, 3.63) is 101 Å². The van der Waals surface area contributed by atoms with Gasteiger partial charge in [0.2, 0.25) is 0 Å². The minimum atomic E-state index is 0.716. The first-order chi connectivity index (χ1) is 14.3. The van der Waals surface area contributed by atoms with Gasteiger partial charge in [-0.15, -0.1) is 0 Å². The topological polar surface area (TPSA) is 33.0 Å². The summed E-state index contributed by atoms with van der Waals surface area (Å²) >= 11 is 0. The molecular weight excluding hydrogens is 354 g/mol. The van der Waals surface area contributed by atoms with E-state index in [1.54, 1.807) is 0 Å². The summed E-state index contributed by atoms with van der Waals surface area (Å²) in [7, 11) is 0. The average Bonchev–Trinajstić information content (AvgIpc) is 2.76. The first kappa shape index (κ1) is 20.4. The van der Waals surface area contributed by atoms with Gasteiger partial charge in [-0.05, 0) is 55.4 Å². The zero-order valence-corrected chi connectivity index (χ0v) is 17.0. The second-order valence-corrected chi connectivity index (χ2v) is 7.17. The summed E-state index contributed by atoms with van der Waals surface area (Å²) < 4.78 is 6.04. The lowest BCUT2D eigenvalue weighted by molar-refractivity contribution is 0.305. The Bertz CT molecular complexity index is 983. The molecule has 0 aliphatic rings. The molecule has 0 aliphatic carbocycles. The fraction of sp³-hybridized carbons (Fsp3) is 0.222. The number of nitriles is 1. The number of hydrogen-bond acceptors (Lipinski definition) is 2. The Morgan fingerprint density at radius 1 is 0.793 bits per heavy atom. The van der Waals surface area contributed by atoms with E-state index in [4.69, 9.17) is 4.74 Å². The minimum Gasteiger partial charge on any atom is -0.493 e.